The number of nitrogens with one attached hydrogen (secondary N) is 1. The minimum absolute atomic E-state index is 0.503. The summed E-state index contributed by atoms with van der Waals surface area (Å²) in [4.78, 5) is 0. The number of aryl methyl sites for hydroxylation is 1. The molecule has 98 valence electrons. The van der Waals surface area contributed by atoms with Crippen LogP contribution in [0, 0.1) is 0 Å². The maximum absolute atomic E-state index is 4.51. The van der Waals surface area contributed by atoms with E-state index in [1.165, 1.54) is 29.2 Å². The average molecular weight is 255 g/mol. The number of rotatable bonds is 8. The van der Waals surface area contributed by atoms with E-state index in [-0.39, 0.29) is 0 Å². The molecule has 17 heavy (non-hydrogen) atoms. The molecule has 4 heteroatoms. The van der Waals surface area contributed by atoms with Crippen LogP contribution in [0.15, 0.2) is 6.20 Å². The summed E-state index contributed by atoms with van der Waals surface area (Å²) in [5.74, 6) is 2.98. The van der Waals surface area contributed by atoms with Gasteiger partial charge in [0.1, 0.15) is 0 Å². The maximum atomic E-state index is 4.51. The van der Waals surface area contributed by atoms with Gasteiger partial charge in [0, 0.05) is 25.4 Å². The Bertz CT molecular complexity index is 320. The van der Waals surface area contributed by atoms with Gasteiger partial charge in [-0.25, -0.2) is 0 Å². The highest BCUT2D eigenvalue weighted by Gasteiger charge is 2.10. The molecule has 1 aromatic heterocycles. The molecule has 0 spiro atoms. The molecule has 0 aliphatic carbocycles. The van der Waals surface area contributed by atoms with Crippen LogP contribution in [-0.2, 0) is 13.6 Å². The van der Waals surface area contributed by atoms with Crippen molar-refractivity contribution in [1.29, 1.82) is 0 Å². The van der Waals surface area contributed by atoms with E-state index in [0.717, 1.165) is 13.1 Å². The van der Waals surface area contributed by atoms with Crippen molar-refractivity contribution in [3.05, 3.63) is 17.5 Å². The number of nitrogens with zero attached hydrogens (tertiary/aromatic N) is 2. The SMILES string of the molecule is CCSCCCNCc1cn(C)nc1C(C)C. The summed E-state index contributed by atoms with van der Waals surface area (Å²) in [6, 6.07) is 0. The third-order valence-corrected chi connectivity index (χ3v) is 3.63. The number of hydrogen-bond acceptors (Lipinski definition) is 3. The van der Waals surface area contributed by atoms with Gasteiger partial charge >= 0.3 is 0 Å². The fourth-order valence-corrected chi connectivity index (χ4v) is 2.48. The number of thioether (sulfide) groups is 1. The van der Waals surface area contributed by atoms with E-state index in [4.69, 9.17) is 0 Å². The van der Waals surface area contributed by atoms with Crippen LogP contribution in [-0.4, -0.2) is 27.8 Å². The zero-order chi connectivity index (χ0) is 12.7. The van der Waals surface area contributed by atoms with Crippen LogP contribution in [0.5, 0.6) is 0 Å². The van der Waals surface area contributed by atoms with Gasteiger partial charge in [-0.15, -0.1) is 0 Å². The van der Waals surface area contributed by atoms with Crippen molar-refractivity contribution in [2.45, 2.75) is 39.7 Å². The molecule has 1 heterocycles. The van der Waals surface area contributed by atoms with Gasteiger partial charge in [0.05, 0.1) is 5.69 Å². The van der Waals surface area contributed by atoms with Crippen LogP contribution in [0.2, 0.25) is 0 Å². The average Bonchev–Trinajstić information content (AvgIpc) is 2.65. The van der Waals surface area contributed by atoms with Gasteiger partial charge in [-0.05, 0) is 30.4 Å². The second-order valence-corrected chi connectivity index (χ2v) is 5.99. The van der Waals surface area contributed by atoms with Gasteiger partial charge < -0.3 is 5.32 Å². The van der Waals surface area contributed by atoms with Crippen molar-refractivity contribution < 1.29 is 0 Å². The Balaban J connectivity index is 2.31. The Morgan fingerprint density at radius 3 is 2.88 bits per heavy atom. The Kier molecular flexibility index (Phi) is 6.66. The van der Waals surface area contributed by atoms with Crippen LogP contribution >= 0.6 is 11.8 Å². The summed E-state index contributed by atoms with van der Waals surface area (Å²) in [6.07, 6.45) is 3.37. The summed E-state index contributed by atoms with van der Waals surface area (Å²) in [7, 11) is 1.99. The lowest BCUT2D eigenvalue weighted by Gasteiger charge is -2.06. The van der Waals surface area contributed by atoms with E-state index < -0.39 is 0 Å². The highest BCUT2D eigenvalue weighted by Crippen LogP contribution is 2.16. The van der Waals surface area contributed by atoms with E-state index in [1.807, 2.05) is 23.5 Å². The first-order chi connectivity index (χ1) is 8.15. The molecule has 0 bridgehead atoms. The summed E-state index contributed by atoms with van der Waals surface area (Å²) in [5.41, 5.74) is 2.56. The van der Waals surface area contributed by atoms with Gasteiger partial charge in [0.15, 0.2) is 0 Å². The van der Waals surface area contributed by atoms with Crippen molar-refractivity contribution in [3.8, 4) is 0 Å². The largest absolute Gasteiger partial charge is 0.313 e. The van der Waals surface area contributed by atoms with E-state index >= 15 is 0 Å². The van der Waals surface area contributed by atoms with E-state index in [1.54, 1.807) is 0 Å². The molecular weight excluding hydrogens is 230 g/mol. The van der Waals surface area contributed by atoms with Gasteiger partial charge in [0.2, 0.25) is 0 Å². The van der Waals surface area contributed by atoms with Crippen LogP contribution in [0.4, 0.5) is 0 Å². The minimum Gasteiger partial charge on any atom is -0.313 e. The quantitative estimate of drug-likeness (QED) is 0.724. The second-order valence-electron chi connectivity index (χ2n) is 4.60. The lowest BCUT2D eigenvalue weighted by atomic mass is 10.1. The first kappa shape index (κ1) is 14.6. The molecule has 0 amide bonds. The Morgan fingerprint density at radius 2 is 2.24 bits per heavy atom. The van der Waals surface area contributed by atoms with Crippen molar-refractivity contribution >= 4 is 11.8 Å². The lowest BCUT2D eigenvalue weighted by molar-refractivity contribution is 0.667. The molecule has 0 saturated heterocycles. The number of hydrogen-bond donors (Lipinski definition) is 1. The van der Waals surface area contributed by atoms with Gasteiger partial charge in [-0.3, -0.25) is 4.68 Å². The normalized spacial score (nSPS) is 11.4. The standard InChI is InChI=1S/C13H25N3S/c1-5-17-8-6-7-14-9-12-10-16(4)15-13(12)11(2)3/h10-11,14H,5-9H2,1-4H3. The van der Waals surface area contributed by atoms with Crippen molar-refractivity contribution in [3.63, 3.8) is 0 Å². The fourth-order valence-electron chi connectivity index (χ4n) is 1.84. The summed E-state index contributed by atoms with van der Waals surface area (Å²) >= 11 is 2.01. The van der Waals surface area contributed by atoms with Crippen LogP contribution in [0.25, 0.3) is 0 Å². The van der Waals surface area contributed by atoms with E-state index in [9.17, 15) is 0 Å². The first-order valence-electron chi connectivity index (χ1n) is 6.46. The van der Waals surface area contributed by atoms with Crippen LogP contribution < -0.4 is 5.32 Å². The van der Waals surface area contributed by atoms with Crippen molar-refractivity contribution in [2.24, 2.45) is 7.05 Å². The maximum Gasteiger partial charge on any atom is 0.0694 e. The summed E-state index contributed by atoms with van der Waals surface area (Å²) in [6.45, 7) is 8.65. The third-order valence-electron chi connectivity index (χ3n) is 2.65. The first-order valence-corrected chi connectivity index (χ1v) is 7.61. The minimum atomic E-state index is 0.503. The fraction of sp³-hybridized carbons (Fsp3) is 0.769. The predicted octanol–water partition coefficient (Wildman–Crippen LogP) is 2.78. The predicted molar refractivity (Wildman–Crippen MR) is 76.6 cm³/mol. The molecule has 0 fully saturated rings. The lowest BCUT2D eigenvalue weighted by Crippen LogP contribution is -2.16. The van der Waals surface area contributed by atoms with Crippen LogP contribution in [0.3, 0.4) is 0 Å². The zero-order valence-corrected chi connectivity index (χ0v) is 12.3. The van der Waals surface area contributed by atoms with E-state index in [2.05, 4.69) is 37.4 Å². The zero-order valence-electron chi connectivity index (χ0n) is 11.5. The van der Waals surface area contributed by atoms with Gasteiger partial charge in [-0.1, -0.05) is 20.8 Å². The monoisotopic (exact) mass is 255 g/mol. The smallest absolute Gasteiger partial charge is 0.0694 e. The molecule has 1 aromatic rings. The molecular formula is C13H25N3S. The highest BCUT2D eigenvalue weighted by atomic mass is 32.2. The highest BCUT2D eigenvalue weighted by molar-refractivity contribution is 7.99. The molecule has 0 radical (unpaired) electrons. The molecule has 0 atom stereocenters. The molecule has 0 aliphatic rings. The molecule has 0 aromatic carbocycles. The van der Waals surface area contributed by atoms with Crippen molar-refractivity contribution in [2.75, 3.05) is 18.1 Å². The molecule has 0 aliphatic heterocycles. The van der Waals surface area contributed by atoms with Gasteiger partial charge in [0.25, 0.3) is 0 Å². The topological polar surface area (TPSA) is 29.9 Å². The second kappa shape index (κ2) is 7.77. The third kappa shape index (κ3) is 5.13. The van der Waals surface area contributed by atoms with Crippen molar-refractivity contribution in [1.82, 2.24) is 15.1 Å². The Hall–Kier alpha value is -0.480. The molecule has 1 rings (SSSR count). The molecule has 3 nitrogen and oxygen atoms in total. The molecule has 0 unspecified atom stereocenters. The molecule has 1 N–H and O–H groups in total. The number of aromatic nitrogens is 2. The van der Waals surface area contributed by atoms with E-state index in [0.29, 0.717) is 5.92 Å². The Morgan fingerprint density at radius 1 is 1.47 bits per heavy atom. The van der Waals surface area contributed by atoms with Crippen LogP contribution in [0.1, 0.15) is 44.4 Å². The summed E-state index contributed by atoms with van der Waals surface area (Å²) in [5, 5.41) is 8.01. The Labute approximate surface area is 109 Å². The van der Waals surface area contributed by atoms with Gasteiger partial charge in [-0.2, -0.15) is 16.9 Å². The molecule has 0 saturated carbocycles. The summed E-state index contributed by atoms with van der Waals surface area (Å²) < 4.78 is 1.92.